The van der Waals surface area contributed by atoms with E-state index in [2.05, 4.69) is 74.0 Å². The molecule has 0 spiro atoms. The van der Waals surface area contributed by atoms with Gasteiger partial charge in [-0.05, 0) is 75.9 Å². The quantitative estimate of drug-likeness (QED) is 0.725. The molecule has 0 atom stereocenters. The standard InChI is InChI=1S/C21H35N3S/c1-16(2)9-14-24(20-10-12-23(13-11-20)17(3)4)21(25)22-19-8-6-7-18(5)15-19/h6-8,15-17,20H,9-14H2,1-5H3,(H,22,25). The Hall–Kier alpha value is -1.13. The normalized spacial score (nSPS) is 16.4. The van der Waals surface area contributed by atoms with E-state index < -0.39 is 0 Å². The molecule has 0 bridgehead atoms. The number of rotatable bonds is 6. The van der Waals surface area contributed by atoms with E-state index >= 15 is 0 Å². The molecule has 0 aliphatic carbocycles. The Bertz CT molecular complexity index is 548. The molecule has 1 aromatic carbocycles. The summed E-state index contributed by atoms with van der Waals surface area (Å²) in [4.78, 5) is 5.03. The summed E-state index contributed by atoms with van der Waals surface area (Å²) in [5.74, 6) is 0.694. The summed E-state index contributed by atoms with van der Waals surface area (Å²) in [5, 5.41) is 4.37. The van der Waals surface area contributed by atoms with Gasteiger partial charge in [0.1, 0.15) is 0 Å². The van der Waals surface area contributed by atoms with Crippen LogP contribution in [0.4, 0.5) is 5.69 Å². The van der Waals surface area contributed by atoms with E-state index in [-0.39, 0.29) is 0 Å². The molecule has 4 heteroatoms. The number of likely N-dealkylation sites (tertiary alicyclic amines) is 1. The van der Waals surface area contributed by atoms with Crippen LogP contribution >= 0.6 is 12.2 Å². The molecular formula is C21H35N3S. The Morgan fingerprint density at radius 1 is 1.24 bits per heavy atom. The van der Waals surface area contributed by atoms with Gasteiger partial charge in [-0.25, -0.2) is 0 Å². The first-order valence-corrected chi connectivity index (χ1v) is 10.2. The van der Waals surface area contributed by atoms with Crippen molar-refractivity contribution in [1.29, 1.82) is 0 Å². The summed E-state index contributed by atoms with van der Waals surface area (Å²) in [6.07, 6.45) is 3.58. The molecule has 25 heavy (non-hydrogen) atoms. The van der Waals surface area contributed by atoms with E-state index in [4.69, 9.17) is 12.2 Å². The van der Waals surface area contributed by atoms with Gasteiger partial charge in [0.15, 0.2) is 5.11 Å². The number of thiocarbonyl (C=S) groups is 1. The van der Waals surface area contributed by atoms with Gasteiger partial charge in [0.2, 0.25) is 0 Å². The lowest BCUT2D eigenvalue weighted by Crippen LogP contribution is -2.50. The second-order valence-corrected chi connectivity index (χ2v) is 8.42. The van der Waals surface area contributed by atoms with Gasteiger partial charge in [0.05, 0.1) is 0 Å². The molecule has 0 saturated carbocycles. The Labute approximate surface area is 159 Å². The lowest BCUT2D eigenvalue weighted by atomic mass is 10.0. The Balaban J connectivity index is 2.03. The first-order valence-electron chi connectivity index (χ1n) is 9.75. The summed E-state index contributed by atoms with van der Waals surface area (Å²) in [7, 11) is 0. The highest BCUT2D eigenvalue weighted by Crippen LogP contribution is 2.21. The minimum Gasteiger partial charge on any atom is -0.346 e. The van der Waals surface area contributed by atoms with Crippen molar-refractivity contribution >= 4 is 23.0 Å². The molecule has 0 aromatic heterocycles. The van der Waals surface area contributed by atoms with Gasteiger partial charge >= 0.3 is 0 Å². The van der Waals surface area contributed by atoms with Gasteiger partial charge in [-0.1, -0.05) is 26.0 Å². The van der Waals surface area contributed by atoms with E-state index in [9.17, 15) is 0 Å². The molecule has 1 aromatic rings. The number of anilines is 1. The molecule has 2 rings (SSSR count). The van der Waals surface area contributed by atoms with Crippen LogP contribution in [0.2, 0.25) is 0 Å². The first-order chi connectivity index (χ1) is 11.9. The molecule has 3 nitrogen and oxygen atoms in total. The first kappa shape index (κ1) is 20.2. The highest BCUT2D eigenvalue weighted by molar-refractivity contribution is 7.80. The third-order valence-electron chi connectivity index (χ3n) is 5.15. The summed E-state index contributed by atoms with van der Waals surface area (Å²) in [6.45, 7) is 14.7. The number of benzene rings is 1. The van der Waals surface area contributed by atoms with Crippen molar-refractivity contribution in [3.63, 3.8) is 0 Å². The largest absolute Gasteiger partial charge is 0.346 e. The fraction of sp³-hybridized carbons (Fsp3) is 0.667. The van der Waals surface area contributed by atoms with E-state index in [0.717, 1.165) is 17.3 Å². The minimum atomic E-state index is 0.554. The molecule has 1 heterocycles. The van der Waals surface area contributed by atoms with Gasteiger partial charge in [0, 0.05) is 37.4 Å². The van der Waals surface area contributed by atoms with Gasteiger partial charge in [-0.2, -0.15) is 0 Å². The highest BCUT2D eigenvalue weighted by atomic mass is 32.1. The smallest absolute Gasteiger partial charge is 0.173 e. The molecule has 0 radical (unpaired) electrons. The number of nitrogens with zero attached hydrogens (tertiary/aromatic N) is 2. The number of hydrogen-bond donors (Lipinski definition) is 1. The fourth-order valence-electron chi connectivity index (χ4n) is 3.48. The van der Waals surface area contributed by atoms with E-state index in [0.29, 0.717) is 18.0 Å². The number of aryl methyl sites for hydroxylation is 1. The molecule has 0 amide bonds. The van der Waals surface area contributed by atoms with E-state index in [1.165, 1.54) is 37.9 Å². The van der Waals surface area contributed by atoms with Crippen LogP contribution in [0.5, 0.6) is 0 Å². The van der Waals surface area contributed by atoms with Crippen molar-refractivity contribution in [3.05, 3.63) is 29.8 Å². The lowest BCUT2D eigenvalue weighted by Gasteiger charge is -2.41. The molecule has 0 unspecified atom stereocenters. The lowest BCUT2D eigenvalue weighted by molar-refractivity contribution is 0.126. The summed E-state index contributed by atoms with van der Waals surface area (Å²) in [6, 6.07) is 9.66. The topological polar surface area (TPSA) is 18.5 Å². The van der Waals surface area contributed by atoms with Crippen molar-refractivity contribution < 1.29 is 0 Å². The van der Waals surface area contributed by atoms with Crippen molar-refractivity contribution in [1.82, 2.24) is 9.80 Å². The van der Waals surface area contributed by atoms with Crippen LogP contribution in [0.15, 0.2) is 24.3 Å². The Morgan fingerprint density at radius 2 is 1.92 bits per heavy atom. The van der Waals surface area contributed by atoms with Gasteiger partial charge in [-0.3, -0.25) is 0 Å². The van der Waals surface area contributed by atoms with Crippen LogP contribution in [0.3, 0.4) is 0 Å². The van der Waals surface area contributed by atoms with Gasteiger partial charge < -0.3 is 15.1 Å². The fourth-order valence-corrected chi connectivity index (χ4v) is 3.84. The second kappa shape index (κ2) is 9.54. The average molecular weight is 362 g/mol. The minimum absolute atomic E-state index is 0.554. The highest BCUT2D eigenvalue weighted by Gasteiger charge is 2.27. The maximum atomic E-state index is 5.82. The van der Waals surface area contributed by atoms with Crippen LogP contribution in [-0.4, -0.2) is 46.6 Å². The van der Waals surface area contributed by atoms with Gasteiger partial charge in [0.25, 0.3) is 0 Å². The van der Waals surface area contributed by atoms with Crippen LogP contribution in [0.25, 0.3) is 0 Å². The molecule has 1 aliphatic rings. The number of hydrogen-bond acceptors (Lipinski definition) is 2. The molecule has 1 fully saturated rings. The molecular weight excluding hydrogens is 326 g/mol. The number of piperidine rings is 1. The predicted molar refractivity (Wildman–Crippen MR) is 113 cm³/mol. The van der Waals surface area contributed by atoms with E-state index in [1.807, 2.05) is 0 Å². The molecule has 1 aliphatic heterocycles. The van der Waals surface area contributed by atoms with Gasteiger partial charge in [-0.15, -0.1) is 0 Å². The third-order valence-corrected chi connectivity index (χ3v) is 5.48. The molecule has 1 N–H and O–H groups in total. The third kappa shape index (κ3) is 6.27. The van der Waals surface area contributed by atoms with Crippen molar-refractivity contribution in [2.45, 2.75) is 66.0 Å². The predicted octanol–water partition coefficient (Wildman–Crippen LogP) is 4.91. The molecule has 1 saturated heterocycles. The second-order valence-electron chi connectivity index (χ2n) is 8.04. The van der Waals surface area contributed by atoms with Crippen LogP contribution in [0.1, 0.15) is 52.5 Å². The maximum Gasteiger partial charge on any atom is 0.173 e. The summed E-state index contributed by atoms with van der Waals surface area (Å²) < 4.78 is 0. The molecule has 140 valence electrons. The Morgan fingerprint density at radius 3 is 2.48 bits per heavy atom. The zero-order chi connectivity index (χ0) is 18.4. The Kier molecular flexibility index (Phi) is 7.70. The van der Waals surface area contributed by atoms with Crippen molar-refractivity contribution in [2.24, 2.45) is 5.92 Å². The average Bonchev–Trinajstić information content (AvgIpc) is 2.55. The van der Waals surface area contributed by atoms with Crippen molar-refractivity contribution in [2.75, 3.05) is 25.0 Å². The SMILES string of the molecule is Cc1cccc(NC(=S)N(CCC(C)C)C2CCN(C(C)C)CC2)c1. The summed E-state index contributed by atoms with van der Waals surface area (Å²) in [5.41, 5.74) is 2.35. The zero-order valence-electron chi connectivity index (χ0n) is 16.6. The van der Waals surface area contributed by atoms with Crippen LogP contribution in [-0.2, 0) is 0 Å². The van der Waals surface area contributed by atoms with E-state index in [1.54, 1.807) is 0 Å². The monoisotopic (exact) mass is 361 g/mol. The zero-order valence-corrected chi connectivity index (χ0v) is 17.4. The number of nitrogens with one attached hydrogen (secondary N) is 1. The maximum absolute atomic E-state index is 5.82. The van der Waals surface area contributed by atoms with Crippen LogP contribution < -0.4 is 5.32 Å². The van der Waals surface area contributed by atoms with Crippen molar-refractivity contribution in [3.8, 4) is 0 Å². The summed E-state index contributed by atoms with van der Waals surface area (Å²) >= 11 is 5.82. The van der Waals surface area contributed by atoms with Crippen LogP contribution in [0, 0.1) is 12.8 Å².